The fraction of sp³-hybridized carbons (Fsp3) is 0. The number of para-hydroxylation sites is 1. The fourth-order valence-electron chi connectivity index (χ4n) is 2.07. The number of hydrogen-bond donors (Lipinski definition) is 3. The molecule has 3 N–H and O–H groups in total. The van der Waals surface area contributed by atoms with Crippen molar-refractivity contribution in [3.05, 3.63) is 71.5 Å². The minimum Gasteiger partial charge on any atom is -0.321 e. The molecule has 0 saturated carbocycles. The normalized spacial score (nSPS) is 11.1. The molecule has 25 heavy (non-hydrogen) atoms. The Morgan fingerprint density at radius 2 is 1.72 bits per heavy atom. The van der Waals surface area contributed by atoms with E-state index in [4.69, 9.17) is 11.6 Å². The van der Waals surface area contributed by atoms with Crippen LogP contribution in [0.1, 0.15) is 10.5 Å². The first kappa shape index (κ1) is 17.0. The Labute approximate surface area is 149 Å². The van der Waals surface area contributed by atoms with Gasteiger partial charge in [0.05, 0.1) is 16.8 Å². The van der Waals surface area contributed by atoms with Gasteiger partial charge in [0.25, 0.3) is 15.9 Å². The van der Waals surface area contributed by atoms with Crippen molar-refractivity contribution >= 4 is 38.9 Å². The van der Waals surface area contributed by atoms with Crippen LogP contribution in [0.25, 0.3) is 0 Å². The molecule has 0 unspecified atom stereocenters. The molecule has 1 aromatic heterocycles. The average Bonchev–Trinajstić information content (AvgIpc) is 3.03. The van der Waals surface area contributed by atoms with Gasteiger partial charge in [0.2, 0.25) is 0 Å². The number of rotatable bonds is 5. The van der Waals surface area contributed by atoms with E-state index in [1.165, 1.54) is 30.5 Å². The van der Waals surface area contributed by atoms with Crippen LogP contribution in [0.15, 0.2) is 65.7 Å². The number of sulfonamides is 1. The van der Waals surface area contributed by atoms with Gasteiger partial charge in [-0.3, -0.25) is 14.6 Å². The Morgan fingerprint density at radius 1 is 1.04 bits per heavy atom. The molecule has 0 bridgehead atoms. The first-order valence-electron chi connectivity index (χ1n) is 7.14. The van der Waals surface area contributed by atoms with Gasteiger partial charge in [0.1, 0.15) is 5.69 Å². The van der Waals surface area contributed by atoms with Gasteiger partial charge in [0.15, 0.2) is 0 Å². The first-order valence-corrected chi connectivity index (χ1v) is 9.00. The second kappa shape index (κ2) is 6.96. The lowest BCUT2D eigenvalue weighted by molar-refractivity contribution is 0.102. The number of amides is 1. The quantitative estimate of drug-likeness (QED) is 0.636. The number of H-pyrrole nitrogens is 1. The van der Waals surface area contributed by atoms with Crippen molar-refractivity contribution in [2.24, 2.45) is 0 Å². The minimum atomic E-state index is -3.88. The van der Waals surface area contributed by atoms with E-state index in [1.54, 1.807) is 24.3 Å². The van der Waals surface area contributed by atoms with Crippen molar-refractivity contribution in [3.8, 4) is 0 Å². The highest BCUT2D eigenvalue weighted by molar-refractivity contribution is 7.92. The number of aromatic nitrogens is 2. The summed E-state index contributed by atoms with van der Waals surface area (Å²) in [5.41, 5.74) is 0.624. The minimum absolute atomic E-state index is 0.00129. The smallest absolute Gasteiger partial charge is 0.275 e. The third-order valence-corrected chi connectivity index (χ3v) is 4.90. The number of hydrogen-bond acceptors (Lipinski definition) is 4. The summed E-state index contributed by atoms with van der Waals surface area (Å²) in [7, 11) is -3.88. The Hall–Kier alpha value is -2.84. The molecule has 0 aliphatic carbocycles. The van der Waals surface area contributed by atoms with Gasteiger partial charge in [-0.05, 0) is 36.4 Å². The van der Waals surface area contributed by atoms with E-state index in [0.717, 1.165) is 0 Å². The van der Waals surface area contributed by atoms with Gasteiger partial charge in [-0.2, -0.15) is 5.10 Å². The highest BCUT2D eigenvalue weighted by atomic mass is 35.5. The summed E-state index contributed by atoms with van der Waals surface area (Å²) in [5, 5.41) is 9.32. The summed E-state index contributed by atoms with van der Waals surface area (Å²) in [5.74, 6) is -0.516. The third-order valence-electron chi connectivity index (χ3n) is 3.27. The Morgan fingerprint density at radius 3 is 2.40 bits per heavy atom. The van der Waals surface area contributed by atoms with Crippen molar-refractivity contribution in [3.63, 3.8) is 0 Å². The Balaban J connectivity index is 1.82. The van der Waals surface area contributed by atoms with Gasteiger partial charge < -0.3 is 5.32 Å². The molecule has 9 heteroatoms. The van der Waals surface area contributed by atoms with E-state index in [-0.39, 0.29) is 16.3 Å². The van der Waals surface area contributed by atoms with E-state index in [0.29, 0.717) is 10.7 Å². The zero-order valence-corrected chi connectivity index (χ0v) is 14.3. The molecule has 128 valence electrons. The monoisotopic (exact) mass is 376 g/mol. The van der Waals surface area contributed by atoms with Crippen LogP contribution in [-0.4, -0.2) is 24.5 Å². The predicted octanol–water partition coefficient (Wildman–Crippen LogP) is 3.12. The van der Waals surface area contributed by atoms with Crippen LogP contribution in [-0.2, 0) is 10.0 Å². The van der Waals surface area contributed by atoms with Crippen LogP contribution in [0.3, 0.4) is 0 Å². The lowest BCUT2D eigenvalue weighted by Gasteiger charge is -2.09. The zero-order valence-electron chi connectivity index (χ0n) is 12.7. The van der Waals surface area contributed by atoms with Crippen LogP contribution in [0.2, 0.25) is 5.02 Å². The molecule has 0 spiro atoms. The average molecular weight is 377 g/mol. The third kappa shape index (κ3) is 3.98. The number of aromatic amines is 1. The standard InChI is InChI=1S/C16H13ClN4O3S/c17-11-6-8-13(9-7-11)25(23,24)21-14-10-18-20-15(14)16(22)19-12-4-2-1-3-5-12/h1-10,21H,(H,18,20)(H,19,22). The molecule has 1 heterocycles. The van der Waals surface area contributed by atoms with Crippen molar-refractivity contribution in [1.82, 2.24) is 10.2 Å². The molecule has 0 aliphatic rings. The molecule has 3 rings (SSSR count). The molecule has 0 aliphatic heterocycles. The van der Waals surface area contributed by atoms with Crippen molar-refractivity contribution in [2.45, 2.75) is 4.90 Å². The molecule has 0 saturated heterocycles. The summed E-state index contributed by atoms with van der Waals surface area (Å²) in [6, 6.07) is 14.5. The maximum Gasteiger partial charge on any atom is 0.275 e. The second-order valence-electron chi connectivity index (χ2n) is 5.04. The van der Waals surface area contributed by atoms with E-state index in [2.05, 4.69) is 20.2 Å². The predicted molar refractivity (Wildman–Crippen MR) is 95.2 cm³/mol. The van der Waals surface area contributed by atoms with E-state index in [9.17, 15) is 13.2 Å². The number of halogens is 1. The first-order chi connectivity index (χ1) is 12.0. The maximum atomic E-state index is 12.4. The maximum absolute atomic E-state index is 12.4. The molecule has 1 amide bonds. The molecule has 7 nitrogen and oxygen atoms in total. The fourth-order valence-corrected chi connectivity index (χ4v) is 3.25. The van der Waals surface area contributed by atoms with E-state index < -0.39 is 15.9 Å². The summed E-state index contributed by atoms with van der Waals surface area (Å²) < 4.78 is 27.2. The van der Waals surface area contributed by atoms with Gasteiger partial charge in [-0.25, -0.2) is 8.42 Å². The number of carbonyl (C=O) groups excluding carboxylic acids is 1. The topological polar surface area (TPSA) is 104 Å². The molecular weight excluding hydrogens is 364 g/mol. The van der Waals surface area contributed by atoms with Gasteiger partial charge in [-0.15, -0.1) is 0 Å². The largest absolute Gasteiger partial charge is 0.321 e. The van der Waals surface area contributed by atoms with Crippen LogP contribution in [0, 0.1) is 0 Å². The van der Waals surface area contributed by atoms with Crippen molar-refractivity contribution < 1.29 is 13.2 Å². The molecule has 2 aromatic carbocycles. The zero-order chi connectivity index (χ0) is 17.9. The van der Waals surface area contributed by atoms with E-state index in [1.807, 2.05) is 6.07 Å². The van der Waals surface area contributed by atoms with Crippen molar-refractivity contribution in [2.75, 3.05) is 10.0 Å². The number of anilines is 2. The molecule has 0 atom stereocenters. The number of nitrogens with zero attached hydrogens (tertiary/aromatic N) is 1. The molecular formula is C16H13ClN4O3S. The molecule has 0 radical (unpaired) electrons. The lowest BCUT2D eigenvalue weighted by Crippen LogP contribution is -2.18. The number of nitrogens with one attached hydrogen (secondary N) is 3. The van der Waals surface area contributed by atoms with Crippen LogP contribution < -0.4 is 10.0 Å². The number of carbonyl (C=O) groups is 1. The number of benzene rings is 2. The van der Waals surface area contributed by atoms with Gasteiger partial charge in [0, 0.05) is 10.7 Å². The molecule has 0 fully saturated rings. The van der Waals surface area contributed by atoms with E-state index >= 15 is 0 Å². The highest BCUT2D eigenvalue weighted by Gasteiger charge is 2.20. The van der Waals surface area contributed by atoms with Gasteiger partial charge in [-0.1, -0.05) is 29.8 Å². The lowest BCUT2D eigenvalue weighted by atomic mass is 10.3. The summed E-state index contributed by atoms with van der Waals surface area (Å²) >= 11 is 5.77. The summed E-state index contributed by atoms with van der Waals surface area (Å²) in [6.45, 7) is 0. The van der Waals surface area contributed by atoms with Crippen LogP contribution >= 0.6 is 11.6 Å². The summed E-state index contributed by atoms with van der Waals surface area (Å²) in [4.78, 5) is 12.3. The van der Waals surface area contributed by atoms with Gasteiger partial charge >= 0.3 is 0 Å². The van der Waals surface area contributed by atoms with Crippen LogP contribution in [0.5, 0.6) is 0 Å². The highest BCUT2D eigenvalue weighted by Crippen LogP contribution is 2.20. The Bertz CT molecular complexity index is 986. The Kier molecular flexibility index (Phi) is 4.73. The van der Waals surface area contributed by atoms with Crippen LogP contribution in [0.4, 0.5) is 11.4 Å². The second-order valence-corrected chi connectivity index (χ2v) is 7.16. The SMILES string of the molecule is O=C(Nc1ccccc1)c1[nH]ncc1NS(=O)(=O)c1ccc(Cl)cc1. The summed E-state index contributed by atoms with van der Waals surface area (Å²) in [6.07, 6.45) is 1.23. The van der Waals surface area contributed by atoms with Crippen molar-refractivity contribution in [1.29, 1.82) is 0 Å². The molecule has 3 aromatic rings.